The molecule has 0 heterocycles. The monoisotopic (exact) mass is 350 g/mol. The van der Waals surface area contributed by atoms with E-state index < -0.39 is 24.0 Å². The molecule has 1 atom stereocenters. The molecule has 25 heavy (non-hydrogen) atoms. The number of esters is 1. The number of hydrogen-bond donors (Lipinski definition) is 2. The Bertz CT molecular complexity index is 596. The van der Waals surface area contributed by atoms with E-state index in [0.29, 0.717) is 11.7 Å². The molecule has 0 aliphatic carbocycles. The normalized spacial score (nSPS) is 11.8. The van der Waals surface area contributed by atoms with Gasteiger partial charge in [-0.15, -0.1) is 0 Å². The fourth-order valence-corrected chi connectivity index (χ4v) is 1.89. The summed E-state index contributed by atoms with van der Waals surface area (Å²) in [6, 6.07) is 6.65. The minimum absolute atomic E-state index is 0.110. The summed E-state index contributed by atoms with van der Waals surface area (Å²) in [5.74, 6) is -0.450. The highest BCUT2D eigenvalue weighted by Crippen LogP contribution is 2.18. The number of imide groups is 1. The van der Waals surface area contributed by atoms with Crippen LogP contribution in [0.1, 0.15) is 46.1 Å². The molecule has 0 spiro atoms. The summed E-state index contributed by atoms with van der Waals surface area (Å²) in [5, 5.41) is 4.60. The second-order valence-electron chi connectivity index (χ2n) is 6.26. The van der Waals surface area contributed by atoms with Crippen LogP contribution >= 0.6 is 0 Å². The molecule has 1 rings (SSSR count). The fourth-order valence-electron chi connectivity index (χ4n) is 1.89. The Hall–Kier alpha value is -2.57. The summed E-state index contributed by atoms with van der Waals surface area (Å²) in [7, 11) is 0. The predicted octanol–water partition coefficient (Wildman–Crippen LogP) is 2.35. The Labute approximate surface area is 148 Å². The number of carbonyl (C=O) groups is 3. The maximum atomic E-state index is 11.8. The highest BCUT2D eigenvalue weighted by molar-refractivity contribution is 5.97. The highest BCUT2D eigenvalue weighted by atomic mass is 16.6. The maximum absolute atomic E-state index is 11.8. The first-order chi connectivity index (χ1) is 11.7. The maximum Gasteiger partial charge on any atom is 0.344 e. The third-order valence-corrected chi connectivity index (χ3v) is 3.24. The number of ether oxygens (including phenoxy) is 2. The van der Waals surface area contributed by atoms with Crippen molar-refractivity contribution >= 4 is 17.9 Å². The first kappa shape index (κ1) is 20.5. The molecule has 2 N–H and O–H groups in total. The number of hydrogen-bond acceptors (Lipinski definition) is 5. The lowest BCUT2D eigenvalue weighted by Gasteiger charge is -2.14. The molecule has 0 aromatic heterocycles. The molecule has 0 aliphatic rings. The zero-order chi connectivity index (χ0) is 19.0. The molecule has 0 bridgehead atoms. The number of amides is 3. The molecule has 1 aromatic rings. The largest absolute Gasteiger partial charge is 0.482 e. The number of urea groups is 1. The van der Waals surface area contributed by atoms with Gasteiger partial charge in [0.25, 0.3) is 5.91 Å². The Morgan fingerprint density at radius 1 is 1.00 bits per heavy atom. The summed E-state index contributed by atoms with van der Waals surface area (Å²) in [6.07, 6.45) is -1.10. The lowest BCUT2D eigenvalue weighted by molar-refractivity contribution is -0.156. The van der Waals surface area contributed by atoms with Crippen LogP contribution in [-0.2, 0) is 14.3 Å². The Morgan fingerprint density at radius 3 is 2.12 bits per heavy atom. The van der Waals surface area contributed by atoms with Gasteiger partial charge < -0.3 is 14.8 Å². The van der Waals surface area contributed by atoms with Gasteiger partial charge >= 0.3 is 12.0 Å². The highest BCUT2D eigenvalue weighted by Gasteiger charge is 2.20. The van der Waals surface area contributed by atoms with Crippen LogP contribution in [0.2, 0.25) is 0 Å². The fraction of sp³-hybridized carbons (Fsp3) is 0.500. The summed E-state index contributed by atoms with van der Waals surface area (Å²) < 4.78 is 10.3. The van der Waals surface area contributed by atoms with E-state index in [0.717, 1.165) is 0 Å². The van der Waals surface area contributed by atoms with Crippen molar-refractivity contribution < 1.29 is 23.9 Å². The van der Waals surface area contributed by atoms with Crippen LogP contribution in [-0.4, -0.2) is 36.7 Å². The third-order valence-electron chi connectivity index (χ3n) is 3.24. The summed E-state index contributed by atoms with van der Waals surface area (Å²) in [5.41, 5.74) is 1.17. The van der Waals surface area contributed by atoms with E-state index in [1.54, 1.807) is 26.0 Å². The van der Waals surface area contributed by atoms with Gasteiger partial charge in [0.1, 0.15) is 5.75 Å². The molecule has 0 unspecified atom stereocenters. The predicted molar refractivity (Wildman–Crippen MR) is 93.4 cm³/mol. The molecule has 0 fully saturated rings. The van der Waals surface area contributed by atoms with Crippen LogP contribution in [0.15, 0.2) is 24.3 Å². The minimum Gasteiger partial charge on any atom is -0.482 e. The summed E-state index contributed by atoms with van der Waals surface area (Å²) in [4.78, 5) is 34.9. The van der Waals surface area contributed by atoms with Crippen molar-refractivity contribution in [2.45, 2.75) is 52.7 Å². The van der Waals surface area contributed by atoms with Crippen LogP contribution in [0.5, 0.6) is 5.75 Å². The average molecular weight is 350 g/mol. The summed E-state index contributed by atoms with van der Waals surface area (Å²) >= 11 is 0. The van der Waals surface area contributed by atoms with E-state index >= 15 is 0 Å². The molecule has 3 amide bonds. The van der Waals surface area contributed by atoms with Gasteiger partial charge in [-0.1, -0.05) is 26.0 Å². The van der Waals surface area contributed by atoms with E-state index in [1.807, 2.05) is 12.1 Å². The quantitative estimate of drug-likeness (QED) is 0.736. The molecule has 0 saturated carbocycles. The Kier molecular flexibility index (Phi) is 7.91. The van der Waals surface area contributed by atoms with Crippen molar-refractivity contribution in [1.29, 1.82) is 0 Å². The second kappa shape index (κ2) is 9.66. The van der Waals surface area contributed by atoms with Gasteiger partial charge in [0.05, 0.1) is 0 Å². The molecular formula is C18H26N2O5. The lowest BCUT2D eigenvalue weighted by Crippen LogP contribution is -2.46. The van der Waals surface area contributed by atoms with Crippen LogP contribution in [0.4, 0.5) is 4.79 Å². The van der Waals surface area contributed by atoms with Crippen molar-refractivity contribution in [2.75, 3.05) is 6.61 Å². The zero-order valence-corrected chi connectivity index (χ0v) is 15.3. The van der Waals surface area contributed by atoms with E-state index in [-0.39, 0.29) is 12.6 Å². The van der Waals surface area contributed by atoms with Crippen molar-refractivity contribution in [3.05, 3.63) is 29.8 Å². The zero-order valence-electron chi connectivity index (χ0n) is 15.3. The van der Waals surface area contributed by atoms with Crippen LogP contribution in [0.25, 0.3) is 0 Å². The number of carbonyl (C=O) groups excluding carboxylic acids is 3. The standard InChI is InChI=1S/C18H26N2O5/c1-11(2)14-6-8-15(9-7-14)24-10-16(21)25-13(5)17(22)20-18(23)19-12(3)4/h6-9,11-13H,10H2,1-5H3,(H2,19,20,22,23)/t13-/m0/s1. The SMILES string of the molecule is CC(C)NC(=O)NC(=O)[C@H](C)OC(=O)COc1ccc(C(C)C)cc1. The molecule has 0 radical (unpaired) electrons. The van der Waals surface area contributed by atoms with Crippen LogP contribution in [0, 0.1) is 0 Å². The molecule has 7 heteroatoms. The van der Waals surface area contributed by atoms with Gasteiger partial charge in [0, 0.05) is 6.04 Å². The molecule has 0 saturated heterocycles. The van der Waals surface area contributed by atoms with Gasteiger partial charge in [-0.25, -0.2) is 9.59 Å². The van der Waals surface area contributed by atoms with Gasteiger partial charge in [-0.2, -0.15) is 0 Å². The van der Waals surface area contributed by atoms with Crippen molar-refractivity contribution in [3.63, 3.8) is 0 Å². The van der Waals surface area contributed by atoms with Crippen LogP contribution < -0.4 is 15.4 Å². The Balaban J connectivity index is 2.40. The number of benzene rings is 1. The first-order valence-corrected chi connectivity index (χ1v) is 8.22. The first-order valence-electron chi connectivity index (χ1n) is 8.22. The van der Waals surface area contributed by atoms with Crippen molar-refractivity contribution in [2.24, 2.45) is 0 Å². The minimum atomic E-state index is -1.10. The van der Waals surface area contributed by atoms with Gasteiger partial charge in [0.2, 0.25) is 0 Å². The number of nitrogens with one attached hydrogen (secondary N) is 2. The van der Waals surface area contributed by atoms with Crippen molar-refractivity contribution in [3.8, 4) is 5.75 Å². The lowest BCUT2D eigenvalue weighted by atomic mass is 10.0. The smallest absolute Gasteiger partial charge is 0.344 e. The molecule has 7 nitrogen and oxygen atoms in total. The van der Waals surface area contributed by atoms with Crippen molar-refractivity contribution in [1.82, 2.24) is 10.6 Å². The average Bonchev–Trinajstić information content (AvgIpc) is 2.52. The van der Waals surface area contributed by atoms with E-state index in [1.165, 1.54) is 12.5 Å². The summed E-state index contributed by atoms with van der Waals surface area (Å²) in [6.45, 7) is 8.75. The van der Waals surface area contributed by atoms with E-state index in [4.69, 9.17) is 9.47 Å². The Morgan fingerprint density at radius 2 is 1.60 bits per heavy atom. The van der Waals surface area contributed by atoms with Gasteiger partial charge in [-0.3, -0.25) is 10.1 Å². The van der Waals surface area contributed by atoms with Gasteiger partial charge in [-0.05, 0) is 44.4 Å². The molecular weight excluding hydrogens is 324 g/mol. The molecule has 138 valence electrons. The molecule has 1 aromatic carbocycles. The topological polar surface area (TPSA) is 93.7 Å². The number of rotatable bonds is 7. The van der Waals surface area contributed by atoms with E-state index in [9.17, 15) is 14.4 Å². The molecule has 0 aliphatic heterocycles. The van der Waals surface area contributed by atoms with Crippen LogP contribution in [0.3, 0.4) is 0 Å². The van der Waals surface area contributed by atoms with E-state index in [2.05, 4.69) is 24.5 Å². The second-order valence-corrected chi connectivity index (χ2v) is 6.26. The third kappa shape index (κ3) is 7.69. The van der Waals surface area contributed by atoms with Gasteiger partial charge in [0.15, 0.2) is 12.7 Å².